The monoisotopic (exact) mass is 235 g/mol. The Bertz CT molecular complexity index is 362. The third kappa shape index (κ3) is 2.37. The van der Waals surface area contributed by atoms with Gasteiger partial charge in [-0.2, -0.15) is 4.98 Å². The molecule has 1 aliphatic heterocycles. The molecular formula is C13H21N3O. The van der Waals surface area contributed by atoms with E-state index in [1.165, 1.54) is 32.1 Å². The zero-order chi connectivity index (χ0) is 11.7. The summed E-state index contributed by atoms with van der Waals surface area (Å²) in [4.78, 5) is 4.60. The molecule has 0 bridgehead atoms. The SMILES string of the molecule is CC1CCC(c2noc([C@@H]3CCCN3)n2)CC1. The van der Waals surface area contributed by atoms with Gasteiger partial charge in [-0.05, 0) is 38.1 Å². The fraction of sp³-hybridized carbons (Fsp3) is 0.846. The Morgan fingerprint density at radius 2 is 2.00 bits per heavy atom. The zero-order valence-corrected chi connectivity index (χ0v) is 10.5. The van der Waals surface area contributed by atoms with Gasteiger partial charge < -0.3 is 9.84 Å². The van der Waals surface area contributed by atoms with E-state index in [0.717, 1.165) is 30.6 Å². The molecule has 2 aliphatic rings. The molecule has 2 fully saturated rings. The van der Waals surface area contributed by atoms with Crippen LogP contribution in [0.4, 0.5) is 0 Å². The Hall–Kier alpha value is -0.900. The van der Waals surface area contributed by atoms with Crippen molar-refractivity contribution in [3.05, 3.63) is 11.7 Å². The third-order valence-corrected chi connectivity index (χ3v) is 4.20. The van der Waals surface area contributed by atoms with Gasteiger partial charge in [0.1, 0.15) is 0 Å². The zero-order valence-electron chi connectivity index (χ0n) is 10.5. The Labute approximate surface area is 102 Å². The first-order valence-electron chi connectivity index (χ1n) is 6.90. The Kier molecular flexibility index (Phi) is 3.14. The highest BCUT2D eigenvalue weighted by Crippen LogP contribution is 2.34. The molecule has 4 heteroatoms. The molecule has 1 aromatic heterocycles. The molecule has 0 radical (unpaired) electrons. The van der Waals surface area contributed by atoms with Crippen LogP contribution in [0.3, 0.4) is 0 Å². The van der Waals surface area contributed by atoms with Crippen molar-refractivity contribution in [1.29, 1.82) is 0 Å². The maximum absolute atomic E-state index is 5.41. The second kappa shape index (κ2) is 4.77. The minimum atomic E-state index is 0.304. The molecule has 1 saturated heterocycles. The molecule has 1 N–H and O–H groups in total. The maximum atomic E-state index is 5.41. The van der Waals surface area contributed by atoms with Gasteiger partial charge in [0.2, 0.25) is 5.89 Å². The van der Waals surface area contributed by atoms with E-state index in [4.69, 9.17) is 4.52 Å². The number of hydrogen-bond acceptors (Lipinski definition) is 4. The van der Waals surface area contributed by atoms with Gasteiger partial charge in [0.05, 0.1) is 6.04 Å². The first kappa shape index (κ1) is 11.2. The molecule has 1 saturated carbocycles. The summed E-state index contributed by atoms with van der Waals surface area (Å²) < 4.78 is 5.41. The van der Waals surface area contributed by atoms with Gasteiger partial charge in [-0.3, -0.25) is 0 Å². The predicted octanol–water partition coefficient (Wildman–Crippen LogP) is 2.79. The Morgan fingerprint density at radius 1 is 1.18 bits per heavy atom. The van der Waals surface area contributed by atoms with Gasteiger partial charge in [-0.15, -0.1) is 0 Å². The van der Waals surface area contributed by atoms with E-state index in [2.05, 4.69) is 22.4 Å². The first-order chi connectivity index (χ1) is 8.33. The molecule has 17 heavy (non-hydrogen) atoms. The normalized spacial score (nSPS) is 34.1. The molecule has 0 amide bonds. The summed E-state index contributed by atoms with van der Waals surface area (Å²) in [5.41, 5.74) is 0. The number of rotatable bonds is 2. The van der Waals surface area contributed by atoms with E-state index in [0.29, 0.717) is 12.0 Å². The lowest BCUT2D eigenvalue weighted by atomic mass is 9.83. The summed E-state index contributed by atoms with van der Waals surface area (Å²) in [6.07, 6.45) is 7.38. The van der Waals surface area contributed by atoms with Crippen LogP contribution in [0, 0.1) is 5.92 Å². The van der Waals surface area contributed by atoms with E-state index >= 15 is 0 Å². The smallest absolute Gasteiger partial charge is 0.243 e. The van der Waals surface area contributed by atoms with Crippen LogP contribution in [0.5, 0.6) is 0 Å². The van der Waals surface area contributed by atoms with Crippen molar-refractivity contribution in [1.82, 2.24) is 15.5 Å². The number of aromatic nitrogens is 2. The molecule has 0 spiro atoms. The van der Waals surface area contributed by atoms with Crippen LogP contribution in [-0.4, -0.2) is 16.7 Å². The highest BCUT2D eigenvalue weighted by Gasteiger charge is 2.27. The predicted molar refractivity (Wildman–Crippen MR) is 64.6 cm³/mol. The van der Waals surface area contributed by atoms with E-state index in [1.807, 2.05) is 0 Å². The van der Waals surface area contributed by atoms with Crippen molar-refractivity contribution >= 4 is 0 Å². The van der Waals surface area contributed by atoms with Crippen molar-refractivity contribution in [2.75, 3.05) is 6.54 Å². The molecule has 3 rings (SSSR count). The van der Waals surface area contributed by atoms with E-state index in [1.54, 1.807) is 0 Å². The molecular weight excluding hydrogens is 214 g/mol. The summed E-state index contributed by atoms with van der Waals surface area (Å²) in [5, 5.41) is 7.58. The van der Waals surface area contributed by atoms with Crippen molar-refractivity contribution in [3.8, 4) is 0 Å². The molecule has 94 valence electrons. The minimum Gasteiger partial charge on any atom is -0.338 e. The maximum Gasteiger partial charge on any atom is 0.243 e. The van der Waals surface area contributed by atoms with Gasteiger partial charge >= 0.3 is 0 Å². The standard InChI is InChI=1S/C13H21N3O/c1-9-4-6-10(7-5-9)12-15-13(17-16-12)11-3-2-8-14-11/h9-11,14H,2-8H2,1H3/t9?,10?,11-/m0/s1. The molecule has 4 nitrogen and oxygen atoms in total. The molecule has 1 aromatic rings. The first-order valence-corrected chi connectivity index (χ1v) is 6.90. The van der Waals surface area contributed by atoms with Crippen LogP contribution in [0.15, 0.2) is 4.52 Å². The quantitative estimate of drug-likeness (QED) is 0.856. The molecule has 0 aromatic carbocycles. The molecule has 1 aliphatic carbocycles. The topological polar surface area (TPSA) is 51.0 Å². The van der Waals surface area contributed by atoms with Crippen molar-refractivity contribution in [2.45, 2.75) is 57.4 Å². The number of nitrogens with zero attached hydrogens (tertiary/aromatic N) is 2. The highest BCUT2D eigenvalue weighted by molar-refractivity contribution is 5.01. The van der Waals surface area contributed by atoms with Gasteiger partial charge in [0.15, 0.2) is 5.82 Å². The number of nitrogens with one attached hydrogen (secondary N) is 1. The molecule has 2 heterocycles. The summed E-state index contributed by atoms with van der Waals surface area (Å²) in [7, 11) is 0. The average Bonchev–Trinajstić information content (AvgIpc) is 3.00. The van der Waals surface area contributed by atoms with Crippen LogP contribution in [0.1, 0.15) is 69.1 Å². The van der Waals surface area contributed by atoms with Crippen LogP contribution in [0.2, 0.25) is 0 Å². The highest BCUT2D eigenvalue weighted by atomic mass is 16.5. The van der Waals surface area contributed by atoms with Gasteiger partial charge in [0.25, 0.3) is 0 Å². The van der Waals surface area contributed by atoms with Gasteiger partial charge in [-0.1, -0.05) is 24.9 Å². The summed E-state index contributed by atoms with van der Waals surface area (Å²) in [6, 6.07) is 0.304. The lowest BCUT2D eigenvalue weighted by Crippen LogP contribution is -2.14. The third-order valence-electron chi connectivity index (χ3n) is 4.20. The summed E-state index contributed by atoms with van der Waals surface area (Å²) >= 11 is 0. The second-order valence-electron chi connectivity index (χ2n) is 5.60. The fourth-order valence-electron chi connectivity index (χ4n) is 2.97. The lowest BCUT2D eigenvalue weighted by Gasteiger charge is -2.23. The average molecular weight is 235 g/mol. The number of hydrogen-bond donors (Lipinski definition) is 1. The van der Waals surface area contributed by atoms with Crippen LogP contribution in [-0.2, 0) is 0 Å². The summed E-state index contributed by atoms with van der Waals surface area (Å²) in [6.45, 7) is 3.41. The Morgan fingerprint density at radius 3 is 2.71 bits per heavy atom. The summed E-state index contributed by atoms with van der Waals surface area (Å²) in [5.74, 6) is 3.15. The van der Waals surface area contributed by atoms with Crippen molar-refractivity contribution in [3.63, 3.8) is 0 Å². The molecule has 0 unspecified atom stereocenters. The van der Waals surface area contributed by atoms with E-state index in [9.17, 15) is 0 Å². The molecule has 1 atom stereocenters. The second-order valence-corrected chi connectivity index (χ2v) is 5.60. The van der Waals surface area contributed by atoms with Gasteiger partial charge in [-0.25, -0.2) is 0 Å². The van der Waals surface area contributed by atoms with E-state index < -0.39 is 0 Å². The van der Waals surface area contributed by atoms with Crippen LogP contribution >= 0.6 is 0 Å². The van der Waals surface area contributed by atoms with Gasteiger partial charge in [0, 0.05) is 5.92 Å². The van der Waals surface area contributed by atoms with Crippen LogP contribution in [0.25, 0.3) is 0 Å². The minimum absolute atomic E-state index is 0.304. The van der Waals surface area contributed by atoms with E-state index in [-0.39, 0.29) is 0 Å². The fourth-order valence-corrected chi connectivity index (χ4v) is 2.97. The van der Waals surface area contributed by atoms with Crippen molar-refractivity contribution in [2.24, 2.45) is 5.92 Å². The van der Waals surface area contributed by atoms with Crippen molar-refractivity contribution < 1.29 is 4.52 Å². The lowest BCUT2D eigenvalue weighted by molar-refractivity contribution is 0.316. The largest absolute Gasteiger partial charge is 0.338 e. The Balaban J connectivity index is 1.67. The van der Waals surface area contributed by atoms with Crippen LogP contribution < -0.4 is 5.32 Å².